The van der Waals surface area contributed by atoms with Crippen LogP contribution in [0.4, 0.5) is 0 Å². The lowest BCUT2D eigenvalue weighted by Gasteiger charge is -2.05. The summed E-state index contributed by atoms with van der Waals surface area (Å²) in [5.74, 6) is -0.488. The molecule has 1 amide bonds. The largest absolute Gasteiger partial charge is 0.364 e. The molecule has 4 heteroatoms. The van der Waals surface area contributed by atoms with Gasteiger partial charge in [-0.2, -0.15) is 0 Å². The Hall–Kier alpha value is -1.97. The zero-order chi connectivity index (χ0) is 11.1. The first-order valence-electron chi connectivity index (χ1n) is 5.32. The maximum Gasteiger partial charge on any atom is 0.267 e. The second-order valence-electron chi connectivity index (χ2n) is 4.07. The van der Waals surface area contributed by atoms with E-state index in [1.54, 1.807) is 12.3 Å². The van der Waals surface area contributed by atoms with Crippen molar-refractivity contribution in [3.05, 3.63) is 35.3 Å². The minimum atomic E-state index is -0.488. The molecule has 80 valence electrons. The summed E-state index contributed by atoms with van der Waals surface area (Å²) in [7, 11) is 0. The van der Waals surface area contributed by atoms with Crippen LogP contribution in [0.3, 0.4) is 0 Å². The van der Waals surface area contributed by atoms with Crippen LogP contribution in [0, 0.1) is 0 Å². The van der Waals surface area contributed by atoms with Gasteiger partial charge in [-0.3, -0.25) is 9.78 Å². The average Bonchev–Trinajstić information content (AvgIpc) is 2.76. The van der Waals surface area contributed by atoms with E-state index < -0.39 is 5.91 Å². The molecule has 2 aromatic heterocycles. The molecule has 2 heterocycles. The first kappa shape index (κ1) is 9.27. The van der Waals surface area contributed by atoms with Crippen molar-refractivity contribution in [2.45, 2.75) is 19.3 Å². The van der Waals surface area contributed by atoms with Gasteiger partial charge in [-0.25, -0.2) is 4.98 Å². The molecule has 0 spiro atoms. The molecule has 0 atom stereocenters. The normalized spacial score (nSPS) is 14.0. The zero-order valence-corrected chi connectivity index (χ0v) is 8.73. The monoisotopic (exact) mass is 213 g/mol. The molecule has 3 rings (SSSR count). The van der Waals surface area contributed by atoms with Crippen LogP contribution in [0.15, 0.2) is 18.5 Å². The molecule has 0 aromatic carbocycles. The van der Waals surface area contributed by atoms with E-state index in [0.717, 1.165) is 30.2 Å². The van der Waals surface area contributed by atoms with Gasteiger partial charge in [0.15, 0.2) is 0 Å². The van der Waals surface area contributed by atoms with Crippen molar-refractivity contribution in [1.82, 2.24) is 9.97 Å². The molecule has 0 saturated carbocycles. The van der Waals surface area contributed by atoms with Gasteiger partial charge in [0.25, 0.3) is 5.91 Å². The summed E-state index contributed by atoms with van der Waals surface area (Å²) in [6, 6.07) is 1.76. The van der Waals surface area contributed by atoms with E-state index in [4.69, 9.17) is 5.73 Å². The molecular formula is C12H11N3O. The predicted molar refractivity (Wildman–Crippen MR) is 60.1 cm³/mol. The van der Waals surface area contributed by atoms with Gasteiger partial charge in [0, 0.05) is 11.6 Å². The van der Waals surface area contributed by atoms with Crippen LogP contribution < -0.4 is 5.73 Å². The van der Waals surface area contributed by atoms with Crippen LogP contribution in [0.1, 0.15) is 28.0 Å². The number of aryl methyl sites for hydroxylation is 2. The van der Waals surface area contributed by atoms with Crippen molar-refractivity contribution in [2.24, 2.45) is 5.73 Å². The van der Waals surface area contributed by atoms with Crippen LogP contribution >= 0.6 is 0 Å². The van der Waals surface area contributed by atoms with E-state index in [2.05, 4.69) is 9.97 Å². The van der Waals surface area contributed by atoms with Gasteiger partial charge in [-0.15, -0.1) is 0 Å². The summed E-state index contributed by atoms with van der Waals surface area (Å²) >= 11 is 0. The number of nitrogens with two attached hydrogens (primary N) is 1. The third-order valence-electron chi connectivity index (χ3n) is 3.08. The highest BCUT2D eigenvalue weighted by atomic mass is 16.1. The Morgan fingerprint density at radius 3 is 2.94 bits per heavy atom. The molecule has 1 aliphatic rings. The molecule has 0 aliphatic heterocycles. The molecule has 2 N–H and O–H groups in total. The van der Waals surface area contributed by atoms with Crippen LogP contribution in [0.25, 0.3) is 10.9 Å². The number of hydrogen-bond donors (Lipinski definition) is 1. The highest BCUT2D eigenvalue weighted by Gasteiger charge is 2.15. The van der Waals surface area contributed by atoms with Gasteiger partial charge < -0.3 is 5.73 Å². The van der Waals surface area contributed by atoms with E-state index in [0.29, 0.717) is 5.69 Å². The highest BCUT2D eigenvalue weighted by Crippen LogP contribution is 2.28. The maximum absolute atomic E-state index is 11.1. The Morgan fingerprint density at radius 1 is 1.25 bits per heavy atom. The highest BCUT2D eigenvalue weighted by molar-refractivity contribution is 5.95. The van der Waals surface area contributed by atoms with Crippen LogP contribution in [0.5, 0.6) is 0 Å². The molecule has 0 saturated heterocycles. The minimum absolute atomic E-state index is 0.314. The second-order valence-corrected chi connectivity index (χ2v) is 4.07. The first-order valence-corrected chi connectivity index (χ1v) is 5.32. The Labute approximate surface area is 92.5 Å². The van der Waals surface area contributed by atoms with Crippen LogP contribution in [-0.4, -0.2) is 15.9 Å². The summed E-state index contributed by atoms with van der Waals surface area (Å²) in [6.45, 7) is 0. The number of hydrogen-bond acceptors (Lipinski definition) is 3. The topological polar surface area (TPSA) is 68.9 Å². The number of fused-ring (bicyclic) bond motifs is 3. The molecule has 2 aromatic rings. The first-order chi connectivity index (χ1) is 7.75. The number of nitrogens with zero attached hydrogens (tertiary/aromatic N) is 2. The number of primary amides is 1. The molecule has 16 heavy (non-hydrogen) atoms. The Morgan fingerprint density at radius 2 is 2.12 bits per heavy atom. The van der Waals surface area contributed by atoms with E-state index in [9.17, 15) is 4.79 Å². The minimum Gasteiger partial charge on any atom is -0.364 e. The number of amides is 1. The standard InChI is InChI=1S/C12H11N3O/c13-12(16)10-4-9-8-3-1-2-7(8)5-14-11(9)6-15-10/h4-6H,1-3H2,(H2,13,16). The summed E-state index contributed by atoms with van der Waals surface area (Å²) in [5.41, 5.74) is 8.97. The third-order valence-corrected chi connectivity index (χ3v) is 3.08. The average molecular weight is 213 g/mol. The van der Waals surface area contributed by atoms with Crippen molar-refractivity contribution in [1.29, 1.82) is 0 Å². The van der Waals surface area contributed by atoms with Crippen molar-refractivity contribution >= 4 is 16.8 Å². The SMILES string of the molecule is NC(=O)c1cc2c3c(cnc2cn1)CCC3. The van der Waals surface area contributed by atoms with E-state index in [1.807, 2.05) is 6.20 Å². The number of aromatic nitrogens is 2. The third kappa shape index (κ3) is 1.26. The van der Waals surface area contributed by atoms with Crippen LogP contribution in [-0.2, 0) is 12.8 Å². The van der Waals surface area contributed by atoms with Gasteiger partial charge in [0.05, 0.1) is 11.7 Å². The Balaban J connectivity index is 2.32. The number of carbonyl (C=O) groups is 1. The number of rotatable bonds is 1. The molecule has 0 bridgehead atoms. The Bertz CT molecular complexity index is 592. The lowest BCUT2D eigenvalue weighted by atomic mass is 10.1. The van der Waals surface area contributed by atoms with Crippen molar-refractivity contribution in [3.63, 3.8) is 0 Å². The van der Waals surface area contributed by atoms with E-state index in [-0.39, 0.29) is 0 Å². The maximum atomic E-state index is 11.1. The van der Waals surface area contributed by atoms with Crippen molar-refractivity contribution in [2.75, 3.05) is 0 Å². The number of pyridine rings is 2. The summed E-state index contributed by atoms with van der Waals surface area (Å²) in [4.78, 5) is 19.4. The smallest absolute Gasteiger partial charge is 0.267 e. The molecule has 0 unspecified atom stereocenters. The fourth-order valence-corrected chi connectivity index (χ4v) is 2.29. The second kappa shape index (κ2) is 3.27. The van der Waals surface area contributed by atoms with E-state index in [1.165, 1.54) is 11.1 Å². The van der Waals surface area contributed by atoms with Crippen molar-refractivity contribution < 1.29 is 4.79 Å². The summed E-state index contributed by atoms with van der Waals surface area (Å²) in [6.07, 6.45) is 6.82. The van der Waals surface area contributed by atoms with Gasteiger partial charge >= 0.3 is 0 Å². The fraction of sp³-hybridized carbons (Fsp3) is 0.250. The summed E-state index contributed by atoms with van der Waals surface area (Å²) < 4.78 is 0. The van der Waals surface area contributed by atoms with Gasteiger partial charge in [-0.1, -0.05) is 0 Å². The molecule has 4 nitrogen and oxygen atoms in total. The van der Waals surface area contributed by atoms with Gasteiger partial charge in [0.2, 0.25) is 0 Å². The number of carbonyl (C=O) groups excluding carboxylic acids is 1. The predicted octanol–water partition coefficient (Wildman–Crippen LogP) is 1.22. The molecule has 0 fully saturated rings. The quantitative estimate of drug-likeness (QED) is 0.774. The fourth-order valence-electron chi connectivity index (χ4n) is 2.29. The van der Waals surface area contributed by atoms with Gasteiger partial charge in [-0.05, 0) is 36.5 Å². The van der Waals surface area contributed by atoms with Gasteiger partial charge in [0.1, 0.15) is 5.69 Å². The molecule has 1 aliphatic carbocycles. The lowest BCUT2D eigenvalue weighted by molar-refractivity contribution is 0.0996. The van der Waals surface area contributed by atoms with Crippen molar-refractivity contribution in [3.8, 4) is 0 Å². The molecule has 0 radical (unpaired) electrons. The summed E-state index contributed by atoms with van der Waals surface area (Å²) in [5, 5.41) is 1.03. The zero-order valence-electron chi connectivity index (χ0n) is 8.73. The lowest BCUT2D eigenvalue weighted by Crippen LogP contribution is -2.12. The van der Waals surface area contributed by atoms with Crippen LogP contribution in [0.2, 0.25) is 0 Å². The van der Waals surface area contributed by atoms with E-state index >= 15 is 0 Å². The Kier molecular flexibility index (Phi) is 1.89. The molecular weight excluding hydrogens is 202 g/mol.